The summed E-state index contributed by atoms with van der Waals surface area (Å²) in [6, 6.07) is -0.505. The standard InChI is InChI=1S/C10H22NO6PS/c1-10(2,3)17-9(12)11-8(5-6-19-4)7-16-18(13,14)15/h8H,5-7H2,1-4H3,(H,11,12)(H2,13,14,15). The first-order valence-corrected chi connectivity index (χ1v) is 8.64. The fourth-order valence-corrected chi connectivity index (χ4v) is 2.01. The van der Waals surface area contributed by atoms with Gasteiger partial charge in [0.15, 0.2) is 0 Å². The van der Waals surface area contributed by atoms with E-state index < -0.39 is 25.6 Å². The first-order chi connectivity index (χ1) is 8.53. The number of amides is 1. The van der Waals surface area contributed by atoms with Gasteiger partial charge in [0.25, 0.3) is 0 Å². The molecule has 3 N–H and O–H groups in total. The molecule has 0 saturated carbocycles. The Balaban J connectivity index is 4.33. The largest absolute Gasteiger partial charge is 0.469 e. The predicted molar refractivity (Wildman–Crippen MR) is 74.2 cm³/mol. The number of hydrogen-bond acceptors (Lipinski definition) is 5. The molecular formula is C10H22NO6PS. The Bertz CT molecular complexity index is 326. The molecule has 0 aliphatic heterocycles. The van der Waals surface area contributed by atoms with Gasteiger partial charge in [-0.2, -0.15) is 11.8 Å². The maximum atomic E-state index is 11.6. The van der Waals surface area contributed by atoms with Gasteiger partial charge >= 0.3 is 13.9 Å². The summed E-state index contributed by atoms with van der Waals surface area (Å²) in [6.45, 7) is 4.94. The maximum absolute atomic E-state index is 11.6. The van der Waals surface area contributed by atoms with Crippen molar-refractivity contribution < 1.29 is 28.4 Å². The Hall–Kier alpha value is -0.270. The number of nitrogens with one attached hydrogen (secondary N) is 1. The van der Waals surface area contributed by atoms with Crippen LogP contribution in [0.3, 0.4) is 0 Å². The third-order valence-corrected chi connectivity index (χ3v) is 2.96. The Morgan fingerprint density at radius 2 is 2.00 bits per heavy atom. The number of thioether (sulfide) groups is 1. The monoisotopic (exact) mass is 315 g/mol. The highest BCUT2D eigenvalue weighted by atomic mass is 32.2. The first kappa shape index (κ1) is 18.7. The highest BCUT2D eigenvalue weighted by Gasteiger charge is 2.22. The molecule has 0 bridgehead atoms. The molecule has 0 aromatic rings. The molecule has 0 aromatic heterocycles. The van der Waals surface area contributed by atoms with Crippen LogP contribution >= 0.6 is 19.6 Å². The SMILES string of the molecule is CSCCC(COP(=O)(O)O)NC(=O)OC(C)(C)C. The fraction of sp³-hybridized carbons (Fsp3) is 0.900. The number of carbonyl (C=O) groups is 1. The van der Waals surface area contributed by atoms with Crippen molar-refractivity contribution in [1.82, 2.24) is 5.32 Å². The molecule has 0 rings (SSSR count). The second-order valence-corrected chi connectivity index (χ2v) is 7.14. The summed E-state index contributed by atoms with van der Waals surface area (Å²) in [6.07, 6.45) is 1.79. The molecule has 19 heavy (non-hydrogen) atoms. The van der Waals surface area contributed by atoms with E-state index in [1.165, 1.54) is 0 Å². The van der Waals surface area contributed by atoms with Crippen LogP contribution in [0.1, 0.15) is 27.2 Å². The number of carbonyl (C=O) groups excluding carboxylic acids is 1. The Morgan fingerprint density at radius 1 is 1.42 bits per heavy atom. The van der Waals surface area contributed by atoms with E-state index in [9.17, 15) is 9.36 Å². The van der Waals surface area contributed by atoms with Gasteiger partial charge in [0, 0.05) is 0 Å². The zero-order valence-corrected chi connectivity index (χ0v) is 13.3. The summed E-state index contributed by atoms with van der Waals surface area (Å²) in [4.78, 5) is 28.9. The number of ether oxygens (including phenoxy) is 1. The molecule has 1 amide bonds. The molecule has 9 heteroatoms. The summed E-state index contributed by atoms with van der Waals surface area (Å²) in [5, 5.41) is 2.54. The van der Waals surface area contributed by atoms with Crippen LogP contribution in [0, 0.1) is 0 Å². The molecule has 1 atom stereocenters. The second-order valence-electron chi connectivity index (χ2n) is 4.91. The minimum absolute atomic E-state index is 0.260. The van der Waals surface area contributed by atoms with E-state index in [1.807, 2.05) is 6.26 Å². The summed E-state index contributed by atoms with van der Waals surface area (Å²) in [5.41, 5.74) is -0.627. The van der Waals surface area contributed by atoms with Crippen LogP contribution in [0.25, 0.3) is 0 Å². The lowest BCUT2D eigenvalue weighted by molar-refractivity contribution is 0.0477. The summed E-state index contributed by atoms with van der Waals surface area (Å²) >= 11 is 1.56. The van der Waals surface area contributed by atoms with Crippen molar-refractivity contribution in [3.8, 4) is 0 Å². The molecule has 1 unspecified atom stereocenters. The first-order valence-electron chi connectivity index (χ1n) is 5.72. The molecule has 0 aromatic carbocycles. The van der Waals surface area contributed by atoms with E-state index >= 15 is 0 Å². The lowest BCUT2D eigenvalue weighted by Gasteiger charge is -2.23. The zero-order chi connectivity index (χ0) is 15.1. The Labute approximate surface area is 117 Å². The van der Waals surface area contributed by atoms with Crippen LogP contribution in [0.15, 0.2) is 0 Å². The van der Waals surface area contributed by atoms with Gasteiger partial charge < -0.3 is 19.8 Å². The van der Waals surface area contributed by atoms with Crippen LogP contribution in [0.5, 0.6) is 0 Å². The summed E-state index contributed by atoms with van der Waals surface area (Å²) in [7, 11) is -4.54. The smallest absolute Gasteiger partial charge is 0.444 e. The molecule has 0 saturated heterocycles. The topological polar surface area (TPSA) is 105 Å². The molecule has 0 spiro atoms. The van der Waals surface area contributed by atoms with Crippen LogP contribution < -0.4 is 5.32 Å². The number of phosphoric ester groups is 1. The van der Waals surface area contributed by atoms with Gasteiger partial charge in [-0.3, -0.25) is 4.52 Å². The molecule has 7 nitrogen and oxygen atoms in total. The van der Waals surface area contributed by atoms with Gasteiger partial charge in [0.05, 0.1) is 12.6 Å². The van der Waals surface area contributed by atoms with E-state index in [0.717, 1.165) is 5.75 Å². The van der Waals surface area contributed by atoms with Crippen LogP contribution in [0.4, 0.5) is 4.79 Å². The van der Waals surface area contributed by atoms with Gasteiger partial charge in [-0.05, 0) is 39.2 Å². The molecule has 0 heterocycles. The van der Waals surface area contributed by atoms with Gasteiger partial charge in [-0.25, -0.2) is 9.36 Å². The Morgan fingerprint density at radius 3 is 2.42 bits per heavy atom. The summed E-state index contributed by atoms with van der Waals surface area (Å²) < 4.78 is 20.1. The average Bonchev–Trinajstić information content (AvgIpc) is 2.18. The van der Waals surface area contributed by atoms with Crippen molar-refractivity contribution in [2.45, 2.75) is 38.8 Å². The van der Waals surface area contributed by atoms with Crippen molar-refractivity contribution in [2.24, 2.45) is 0 Å². The van der Waals surface area contributed by atoms with Crippen molar-refractivity contribution in [1.29, 1.82) is 0 Å². The van der Waals surface area contributed by atoms with Gasteiger partial charge in [0.1, 0.15) is 5.60 Å². The maximum Gasteiger partial charge on any atom is 0.469 e. The van der Waals surface area contributed by atoms with Crippen molar-refractivity contribution in [3.05, 3.63) is 0 Å². The number of rotatable bonds is 7. The number of alkyl carbamates (subject to hydrolysis) is 1. The Kier molecular flexibility index (Phi) is 8.00. The van der Waals surface area contributed by atoms with Crippen LogP contribution in [-0.4, -0.2) is 46.1 Å². The predicted octanol–water partition coefficient (Wildman–Crippen LogP) is 1.74. The average molecular weight is 315 g/mol. The van der Waals surface area contributed by atoms with Crippen molar-refractivity contribution >= 4 is 25.7 Å². The molecule has 114 valence electrons. The van der Waals surface area contributed by atoms with E-state index in [1.54, 1.807) is 32.5 Å². The quantitative estimate of drug-likeness (QED) is 0.614. The molecular weight excluding hydrogens is 293 g/mol. The molecule has 0 fully saturated rings. The fourth-order valence-electron chi connectivity index (χ4n) is 1.12. The summed E-state index contributed by atoms with van der Waals surface area (Å²) in [5.74, 6) is 0.727. The van der Waals surface area contributed by atoms with E-state index in [2.05, 4.69) is 9.84 Å². The normalized spacial score (nSPS) is 14.0. The van der Waals surface area contributed by atoms with Gasteiger partial charge in [-0.1, -0.05) is 0 Å². The van der Waals surface area contributed by atoms with E-state index in [-0.39, 0.29) is 6.61 Å². The highest BCUT2D eigenvalue weighted by molar-refractivity contribution is 7.98. The van der Waals surface area contributed by atoms with E-state index in [0.29, 0.717) is 6.42 Å². The third-order valence-electron chi connectivity index (χ3n) is 1.84. The minimum Gasteiger partial charge on any atom is -0.444 e. The lowest BCUT2D eigenvalue weighted by atomic mass is 10.2. The van der Waals surface area contributed by atoms with Crippen LogP contribution in [0.2, 0.25) is 0 Å². The molecule has 0 aliphatic rings. The van der Waals surface area contributed by atoms with Gasteiger partial charge in [-0.15, -0.1) is 0 Å². The van der Waals surface area contributed by atoms with Gasteiger partial charge in [0.2, 0.25) is 0 Å². The van der Waals surface area contributed by atoms with Crippen LogP contribution in [-0.2, 0) is 13.8 Å². The van der Waals surface area contributed by atoms with E-state index in [4.69, 9.17) is 14.5 Å². The molecule has 0 aliphatic carbocycles. The highest BCUT2D eigenvalue weighted by Crippen LogP contribution is 2.35. The number of phosphoric acid groups is 1. The lowest BCUT2D eigenvalue weighted by Crippen LogP contribution is -2.41. The van der Waals surface area contributed by atoms with Crippen molar-refractivity contribution in [2.75, 3.05) is 18.6 Å². The van der Waals surface area contributed by atoms with Crippen molar-refractivity contribution in [3.63, 3.8) is 0 Å². The second kappa shape index (κ2) is 8.11. The third kappa shape index (κ3) is 12.5. The number of hydrogen-bond donors (Lipinski definition) is 3. The molecule has 0 radical (unpaired) electrons. The zero-order valence-electron chi connectivity index (χ0n) is 11.6. The minimum atomic E-state index is -4.54.